The average Bonchev–Trinajstić information content (AvgIpc) is 2.82. The number of halogens is 4. The largest absolute Gasteiger partial charge is 0.493 e. The van der Waals surface area contributed by atoms with E-state index >= 15 is 0 Å². The lowest BCUT2D eigenvalue weighted by atomic mass is 10.1. The molecule has 184 valence electrons. The first-order valence-electron chi connectivity index (χ1n) is 10.9. The molecule has 0 amide bonds. The van der Waals surface area contributed by atoms with Crippen LogP contribution in [0.15, 0.2) is 36.4 Å². The quantitative estimate of drug-likeness (QED) is 0.413. The molecule has 1 N–H and O–H groups in total. The molecule has 0 aliphatic carbocycles. The fraction of sp³-hybridized carbons (Fsp3) is 0.435. The minimum atomic E-state index is -4.44. The summed E-state index contributed by atoms with van der Waals surface area (Å²) in [7, 11) is 1.53. The molecule has 0 radical (unpaired) electrons. The minimum absolute atomic E-state index is 0. The highest BCUT2D eigenvalue weighted by Gasteiger charge is 2.30. The summed E-state index contributed by atoms with van der Waals surface area (Å²) in [5, 5.41) is 15.2. The summed E-state index contributed by atoms with van der Waals surface area (Å²) in [5.74, 6) is 1.30. The van der Waals surface area contributed by atoms with Gasteiger partial charge < -0.3 is 19.7 Å². The molecule has 7 nitrogen and oxygen atoms in total. The lowest BCUT2D eigenvalue weighted by molar-refractivity contribution is -0.137. The second kappa shape index (κ2) is 11.5. The number of nitrogens with one attached hydrogen (secondary N) is 1. The third kappa shape index (κ3) is 6.38. The molecule has 0 spiro atoms. The Kier molecular flexibility index (Phi) is 8.73. The third-order valence-corrected chi connectivity index (χ3v) is 5.61. The smallest absolute Gasteiger partial charge is 0.416 e. The van der Waals surface area contributed by atoms with Gasteiger partial charge in [-0.25, -0.2) is 0 Å². The van der Waals surface area contributed by atoms with Gasteiger partial charge in [-0.05, 0) is 61.8 Å². The Balaban J connectivity index is 0.00000324. The maximum Gasteiger partial charge on any atom is 0.416 e. The number of piperidine rings is 1. The Morgan fingerprint density at radius 3 is 2.56 bits per heavy atom. The summed E-state index contributed by atoms with van der Waals surface area (Å²) in [6.07, 6.45) is 0.270. The van der Waals surface area contributed by atoms with Crippen LogP contribution in [0.25, 0.3) is 10.9 Å². The van der Waals surface area contributed by atoms with Crippen LogP contribution in [0.3, 0.4) is 0 Å². The normalized spacial score (nSPS) is 14.5. The van der Waals surface area contributed by atoms with Gasteiger partial charge in [0.2, 0.25) is 0 Å². The summed E-state index contributed by atoms with van der Waals surface area (Å²) >= 11 is 0. The first kappa shape index (κ1) is 25.8. The van der Waals surface area contributed by atoms with E-state index in [2.05, 4.69) is 25.6 Å². The van der Waals surface area contributed by atoms with Gasteiger partial charge in [-0.3, -0.25) is 0 Å². The van der Waals surface area contributed by atoms with E-state index in [4.69, 9.17) is 9.47 Å². The van der Waals surface area contributed by atoms with Crippen LogP contribution < -0.4 is 14.8 Å². The van der Waals surface area contributed by atoms with Gasteiger partial charge in [0.25, 0.3) is 0 Å². The zero-order chi connectivity index (χ0) is 23.3. The molecule has 11 heteroatoms. The van der Waals surface area contributed by atoms with E-state index in [1.54, 1.807) is 12.1 Å². The zero-order valence-electron chi connectivity index (χ0n) is 18.8. The molecule has 3 aromatic rings. The molecule has 0 bridgehead atoms. The van der Waals surface area contributed by atoms with Gasteiger partial charge in [-0.15, -0.1) is 22.6 Å². The second-order valence-corrected chi connectivity index (χ2v) is 7.97. The molecular formula is C23H27ClF3N5O2. The highest BCUT2D eigenvalue weighted by atomic mass is 35.5. The van der Waals surface area contributed by atoms with E-state index in [1.807, 2.05) is 0 Å². The van der Waals surface area contributed by atoms with Crippen molar-refractivity contribution in [2.75, 3.05) is 38.7 Å². The van der Waals surface area contributed by atoms with Gasteiger partial charge in [0.1, 0.15) is 5.52 Å². The van der Waals surface area contributed by atoms with Gasteiger partial charge in [0.05, 0.1) is 24.7 Å². The maximum absolute atomic E-state index is 13.0. The number of alkyl halides is 3. The molecule has 1 aliphatic rings. The number of anilines is 2. The van der Waals surface area contributed by atoms with Crippen LogP contribution in [0.5, 0.6) is 11.5 Å². The van der Waals surface area contributed by atoms with Crippen molar-refractivity contribution < 1.29 is 22.6 Å². The highest BCUT2D eigenvalue weighted by molar-refractivity contribution is 5.92. The van der Waals surface area contributed by atoms with Crippen molar-refractivity contribution in [1.29, 1.82) is 0 Å². The predicted molar refractivity (Wildman–Crippen MR) is 126 cm³/mol. The monoisotopic (exact) mass is 497 g/mol. The van der Waals surface area contributed by atoms with Crippen LogP contribution >= 0.6 is 12.4 Å². The van der Waals surface area contributed by atoms with E-state index in [1.165, 1.54) is 38.5 Å². The van der Waals surface area contributed by atoms with Crippen molar-refractivity contribution in [3.05, 3.63) is 42.0 Å². The molecule has 0 saturated carbocycles. The van der Waals surface area contributed by atoms with E-state index in [0.29, 0.717) is 29.0 Å². The number of hydrogen-bond donors (Lipinski definition) is 1. The topological polar surface area (TPSA) is 72.4 Å². The number of hydrogen-bond acceptors (Lipinski definition) is 7. The standard InChI is InChI=1S/C23H26F3N5O2.ClH/c1-32-20-14-18-19(15-21(20)33-12-6-11-31-9-3-2-4-10-31)28-30-29-22(18)27-17-8-5-7-16(13-17)23(24,25)26;/h5,7-8,13-15H,2-4,6,9-12H2,1H3,(H,27,28,29);1H. The van der Waals surface area contributed by atoms with Crippen LogP contribution in [0.4, 0.5) is 24.7 Å². The molecule has 0 atom stereocenters. The number of ether oxygens (including phenoxy) is 2. The first-order valence-corrected chi connectivity index (χ1v) is 10.9. The van der Waals surface area contributed by atoms with E-state index in [-0.39, 0.29) is 23.9 Å². The molecule has 1 aromatic heterocycles. The van der Waals surface area contributed by atoms with Crippen LogP contribution in [0.2, 0.25) is 0 Å². The first-order chi connectivity index (χ1) is 15.9. The van der Waals surface area contributed by atoms with Crippen molar-refractivity contribution in [2.24, 2.45) is 0 Å². The summed E-state index contributed by atoms with van der Waals surface area (Å²) in [6.45, 7) is 3.81. The molecule has 1 fully saturated rings. The predicted octanol–water partition coefficient (Wildman–Crippen LogP) is 5.47. The molecule has 2 heterocycles. The maximum atomic E-state index is 13.0. The number of benzene rings is 2. The Morgan fingerprint density at radius 1 is 1.03 bits per heavy atom. The van der Waals surface area contributed by atoms with E-state index in [0.717, 1.165) is 38.2 Å². The van der Waals surface area contributed by atoms with Crippen molar-refractivity contribution in [3.8, 4) is 11.5 Å². The number of likely N-dealkylation sites (tertiary alicyclic amines) is 1. The SMILES string of the molecule is COc1cc2c(Nc3cccc(C(F)(F)F)c3)nnnc2cc1OCCCN1CCCCC1.Cl. The van der Waals surface area contributed by atoms with Crippen molar-refractivity contribution in [3.63, 3.8) is 0 Å². The molecule has 1 saturated heterocycles. The van der Waals surface area contributed by atoms with Crippen molar-refractivity contribution in [1.82, 2.24) is 20.3 Å². The molecular weight excluding hydrogens is 471 g/mol. The van der Waals surface area contributed by atoms with Crippen LogP contribution in [0, 0.1) is 0 Å². The average molecular weight is 498 g/mol. The second-order valence-electron chi connectivity index (χ2n) is 7.97. The summed E-state index contributed by atoms with van der Waals surface area (Å²) < 4.78 is 50.5. The molecule has 2 aromatic carbocycles. The summed E-state index contributed by atoms with van der Waals surface area (Å²) in [6, 6.07) is 8.30. The van der Waals surface area contributed by atoms with Crippen LogP contribution in [-0.4, -0.2) is 53.7 Å². The van der Waals surface area contributed by atoms with Gasteiger partial charge in [0.15, 0.2) is 17.3 Å². The Labute approximate surface area is 202 Å². The Morgan fingerprint density at radius 2 is 1.82 bits per heavy atom. The van der Waals surface area contributed by atoms with E-state index in [9.17, 15) is 13.2 Å². The minimum Gasteiger partial charge on any atom is -0.493 e. The number of nitrogens with zero attached hydrogens (tertiary/aromatic N) is 4. The number of fused-ring (bicyclic) bond motifs is 1. The fourth-order valence-electron chi connectivity index (χ4n) is 3.92. The lowest BCUT2D eigenvalue weighted by Gasteiger charge is -2.26. The van der Waals surface area contributed by atoms with Gasteiger partial charge in [-0.1, -0.05) is 12.5 Å². The molecule has 4 rings (SSSR count). The summed E-state index contributed by atoms with van der Waals surface area (Å²) in [4.78, 5) is 2.45. The number of methoxy groups -OCH3 is 1. The lowest BCUT2D eigenvalue weighted by Crippen LogP contribution is -2.31. The highest BCUT2D eigenvalue weighted by Crippen LogP contribution is 2.35. The van der Waals surface area contributed by atoms with Crippen LogP contribution in [0.1, 0.15) is 31.2 Å². The van der Waals surface area contributed by atoms with Crippen molar-refractivity contribution >= 4 is 34.8 Å². The molecule has 34 heavy (non-hydrogen) atoms. The number of rotatable bonds is 8. The Bertz CT molecular complexity index is 1090. The van der Waals surface area contributed by atoms with Gasteiger partial charge in [-0.2, -0.15) is 13.2 Å². The van der Waals surface area contributed by atoms with Crippen LogP contribution in [-0.2, 0) is 6.18 Å². The van der Waals surface area contributed by atoms with Crippen molar-refractivity contribution in [2.45, 2.75) is 31.9 Å². The van der Waals surface area contributed by atoms with Gasteiger partial charge in [0, 0.05) is 18.3 Å². The number of aromatic nitrogens is 3. The summed E-state index contributed by atoms with van der Waals surface area (Å²) in [5.41, 5.74) is -0.0217. The third-order valence-electron chi connectivity index (χ3n) is 5.61. The zero-order valence-corrected chi connectivity index (χ0v) is 19.6. The molecule has 0 unspecified atom stereocenters. The van der Waals surface area contributed by atoms with Gasteiger partial charge >= 0.3 is 6.18 Å². The molecule has 1 aliphatic heterocycles. The fourth-order valence-corrected chi connectivity index (χ4v) is 3.92. The Hall–Kier alpha value is -2.85. The van der Waals surface area contributed by atoms with E-state index < -0.39 is 11.7 Å².